The van der Waals surface area contributed by atoms with Crippen molar-refractivity contribution in [3.63, 3.8) is 0 Å². The van der Waals surface area contributed by atoms with Gasteiger partial charge in [0.1, 0.15) is 0 Å². The molecule has 1 saturated heterocycles. The SMILES string of the molecule is CCN1CCC(O)(C2(CN)CC2)C1. The molecule has 2 aliphatic rings. The molecule has 1 atom stereocenters. The fourth-order valence-electron chi connectivity index (χ4n) is 2.58. The molecule has 3 heteroatoms. The minimum absolute atomic E-state index is 0.0803. The van der Waals surface area contributed by atoms with E-state index in [2.05, 4.69) is 11.8 Å². The monoisotopic (exact) mass is 184 g/mol. The summed E-state index contributed by atoms with van der Waals surface area (Å²) in [4.78, 5) is 2.32. The van der Waals surface area contributed by atoms with E-state index < -0.39 is 5.60 Å². The highest BCUT2D eigenvalue weighted by Gasteiger charge is 2.59. The van der Waals surface area contributed by atoms with Crippen LogP contribution < -0.4 is 5.73 Å². The van der Waals surface area contributed by atoms with Gasteiger partial charge in [0, 0.05) is 25.0 Å². The summed E-state index contributed by atoms with van der Waals surface area (Å²) in [6, 6.07) is 0. The Balaban J connectivity index is 2.06. The van der Waals surface area contributed by atoms with Crippen molar-refractivity contribution in [2.45, 2.75) is 31.8 Å². The predicted molar refractivity (Wildman–Crippen MR) is 52.4 cm³/mol. The molecule has 0 aromatic rings. The molecular weight excluding hydrogens is 164 g/mol. The van der Waals surface area contributed by atoms with Crippen LogP contribution in [-0.4, -0.2) is 41.8 Å². The van der Waals surface area contributed by atoms with Gasteiger partial charge in [-0.25, -0.2) is 0 Å². The molecule has 0 aromatic carbocycles. The average Bonchev–Trinajstić information content (AvgIpc) is 2.86. The standard InChI is InChI=1S/C10H20N2O/c1-2-12-6-5-10(13,8-12)9(7-11)3-4-9/h13H,2-8,11H2,1H3. The first-order valence-corrected chi connectivity index (χ1v) is 5.31. The average molecular weight is 184 g/mol. The molecule has 1 unspecified atom stereocenters. The molecule has 1 saturated carbocycles. The fourth-order valence-corrected chi connectivity index (χ4v) is 2.58. The van der Waals surface area contributed by atoms with Crippen LogP contribution in [0.1, 0.15) is 26.2 Å². The molecule has 0 aromatic heterocycles. The lowest BCUT2D eigenvalue weighted by molar-refractivity contribution is -0.0190. The van der Waals surface area contributed by atoms with Crippen molar-refractivity contribution in [3.05, 3.63) is 0 Å². The molecule has 1 heterocycles. The van der Waals surface area contributed by atoms with Gasteiger partial charge in [-0.1, -0.05) is 6.92 Å². The lowest BCUT2D eigenvalue weighted by Crippen LogP contribution is -2.46. The molecule has 0 radical (unpaired) electrons. The number of hydrogen-bond acceptors (Lipinski definition) is 3. The molecule has 76 valence electrons. The van der Waals surface area contributed by atoms with E-state index in [-0.39, 0.29) is 5.41 Å². The van der Waals surface area contributed by atoms with Crippen LogP contribution in [0.15, 0.2) is 0 Å². The van der Waals surface area contributed by atoms with Gasteiger partial charge < -0.3 is 15.7 Å². The van der Waals surface area contributed by atoms with E-state index in [0.717, 1.165) is 38.9 Å². The van der Waals surface area contributed by atoms with Crippen molar-refractivity contribution in [3.8, 4) is 0 Å². The van der Waals surface area contributed by atoms with Crippen molar-refractivity contribution >= 4 is 0 Å². The highest BCUT2D eigenvalue weighted by atomic mass is 16.3. The molecule has 1 aliphatic heterocycles. The summed E-state index contributed by atoms with van der Waals surface area (Å²) in [5, 5.41) is 10.5. The highest BCUT2D eigenvalue weighted by Crippen LogP contribution is 2.56. The molecule has 0 bridgehead atoms. The molecule has 13 heavy (non-hydrogen) atoms. The second-order valence-corrected chi connectivity index (χ2v) is 4.63. The van der Waals surface area contributed by atoms with Gasteiger partial charge in [0.2, 0.25) is 0 Å². The maximum absolute atomic E-state index is 10.5. The Morgan fingerprint density at radius 1 is 1.38 bits per heavy atom. The summed E-state index contributed by atoms with van der Waals surface area (Å²) in [5.74, 6) is 0. The van der Waals surface area contributed by atoms with Gasteiger partial charge in [-0.3, -0.25) is 0 Å². The number of likely N-dealkylation sites (tertiary alicyclic amines) is 1. The summed E-state index contributed by atoms with van der Waals surface area (Å²) >= 11 is 0. The Bertz CT molecular complexity index is 203. The number of hydrogen-bond donors (Lipinski definition) is 2. The third kappa shape index (κ3) is 1.30. The number of rotatable bonds is 3. The first kappa shape index (κ1) is 9.44. The van der Waals surface area contributed by atoms with Gasteiger partial charge in [-0.2, -0.15) is 0 Å². The number of likely N-dealkylation sites (N-methyl/N-ethyl adjacent to an activating group) is 1. The van der Waals surface area contributed by atoms with Gasteiger partial charge in [-0.05, 0) is 25.8 Å². The second-order valence-electron chi connectivity index (χ2n) is 4.63. The minimum Gasteiger partial charge on any atom is -0.388 e. The maximum atomic E-state index is 10.5. The Morgan fingerprint density at radius 2 is 2.08 bits per heavy atom. The Hall–Kier alpha value is -0.120. The lowest BCUT2D eigenvalue weighted by atomic mass is 9.83. The smallest absolute Gasteiger partial charge is 0.0854 e. The third-order valence-electron chi connectivity index (χ3n) is 4.01. The summed E-state index contributed by atoms with van der Waals surface area (Å²) in [7, 11) is 0. The quantitative estimate of drug-likeness (QED) is 0.658. The maximum Gasteiger partial charge on any atom is 0.0854 e. The first-order valence-electron chi connectivity index (χ1n) is 5.31. The van der Waals surface area contributed by atoms with Gasteiger partial charge in [-0.15, -0.1) is 0 Å². The zero-order valence-electron chi connectivity index (χ0n) is 8.42. The van der Waals surface area contributed by atoms with Crippen LogP contribution in [-0.2, 0) is 0 Å². The summed E-state index contributed by atoms with van der Waals surface area (Å²) in [6.45, 7) is 5.72. The fraction of sp³-hybridized carbons (Fsp3) is 1.00. The molecule has 2 fully saturated rings. The molecule has 1 aliphatic carbocycles. The van der Waals surface area contributed by atoms with E-state index in [1.165, 1.54) is 0 Å². The van der Waals surface area contributed by atoms with Crippen LogP contribution in [0, 0.1) is 5.41 Å². The number of nitrogens with zero attached hydrogens (tertiary/aromatic N) is 1. The van der Waals surface area contributed by atoms with Crippen LogP contribution in [0.5, 0.6) is 0 Å². The zero-order chi connectivity index (χ0) is 9.53. The summed E-state index contributed by atoms with van der Waals surface area (Å²) < 4.78 is 0. The first-order chi connectivity index (χ1) is 6.16. The molecule has 0 spiro atoms. The number of β-amino-alcohol motifs (C(OH)–C–C–N with tert-alkyl or cyclic N) is 1. The van der Waals surface area contributed by atoms with Crippen molar-refractivity contribution in [2.75, 3.05) is 26.2 Å². The largest absolute Gasteiger partial charge is 0.388 e. The van der Waals surface area contributed by atoms with E-state index >= 15 is 0 Å². The number of nitrogens with two attached hydrogens (primary N) is 1. The Morgan fingerprint density at radius 3 is 2.46 bits per heavy atom. The van der Waals surface area contributed by atoms with Crippen LogP contribution in [0.25, 0.3) is 0 Å². The molecule has 0 amide bonds. The van der Waals surface area contributed by atoms with Gasteiger partial charge >= 0.3 is 0 Å². The van der Waals surface area contributed by atoms with Crippen molar-refractivity contribution < 1.29 is 5.11 Å². The molecule has 2 rings (SSSR count). The van der Waals surface area contributed by atoms with Crippen molar-refractivity contribution in [1.82, 2.24) is 4.90 Å². The zero-order valence-corrected chi connectivity index (χ0v) is 8.42. The Labute approximate surface area is 79.9 Å². The van der Waals surface area contributed by atoms with Gasteiger partial charge in [0.05, 0.1) is 5.60 Å². The van der Waals surface area contributed by atoms with Gasteiger partial charge in [0.15, 0.2) is 0 Å². The minimum atomic E-state index is -0.474. The van der Waals surface area contributed by atoms with Crippen molar-refractivity contribution in [2.24, 2.45) is 11.1 Å². The van der Waals surface area contributed by atoms with E-state index in [0.29, 0.717) is 6.54 Å². The lowest BCUT2D eigenvalue weighted by Gasteiger charge is -2.32. The third-order valence-corrected chi connectivity index (χ3v) is 4.01. The molecule has 3 nitrogen and oxygen atoms in total. The topological polar surface area (TPSA) is 49.5 Å². The Kier molecular flexibility index (Phi) is 2.13. The molecular formula is C10H20N2O. The number of aliphatic hydroxyl groups is 1. The van der Waals surface area contributed by atoms with Crippen LogP contribution in [0.3, 0.4) is 0 Å². The van der Waals surface area contributed by atoms with E-state index in [4.69, 9.17) is 5.73 Å². The second kappa shape index (κ2) is 2.94. The summed E-state index contributed by atoms with van der Waals surface area (Å²) in [5.41, 5.74) is 5.35. The highest BCUT2D eigenvalue weighted by molar-refractivity contribution is 5.12. The normalized spacial score (nSPS) is 38.1. The van der Waals surface area contributed by atoms with Crippen LogP contribution >= 0.6 is 0 Å². The predicted octanol–water partition coefficient (Wildman–Crippen LogP) is 0.182. The van der Waals surface area contributed by atoms with E-state index in [9.17, 15) is 5.11 Å². The van der Waals surface area contributed by atoms with E-state index in [1.54, 1.807) is 0 Å². The summed E-state index contributed by atoms with van der Waals surface area (Å²) in [6.07, 6.45) is 3.16. The molecule has 3 N–H and O–H groups in total. The van der Waals surface area contributed by atoms with Crippen molar-refractivity contribution in [1.29, 1.82) is 0 Å². The van der Waals surface area contributed by atoms with E-state index in [1.807, 2.05) is 0 Å². The van der Waals surface area contributed by atoms with Crippen LogP contribution in [0.4, 0.5) is 0 Å². The van der Waals surface area contributed by atoms with Crippen LogP contribution in [0.2, 0.25) is 0 Å². The van der Waals surface area contributed by atoms with Gasteiger partial charge in [0.25, 0.3) is 0 Å².